The molecular weight excluding hydrogens is 298 g/mol. The minimum atomic E-state index is -2.03. The summed E-state index contributed by atoms with van der Waals surface area (Å²) in [4.78, 5) is 0. The Labute approximate surface area is 133 Å². The minimum Gasteiger partial charge on any atom is -0.412 e. The highest BCUT2D eigenvalue weighted by Crippen LogP contribution is 2.46. The molecule has 0 aromatic carbocycles. The molecule has 0 saturated carbocycles. The second kappa shape index (κ2) is 6.51. The van der Waals surface area contributed by atoms with Crippen molar-refractivity contribution in [2.75, 3.05) is 13.3 Å². The van der Waals surface area contributed by atoms with Gasteiger partial charge < -0.3 is 13.7 Å². The van der Waals surface area contributed by atoms with Gasteiger partial charge in [0.1, 0.15) is 7.85 Å². The summed E-state index contributed by atoms with van der Waals surface area (Å²) in [5.41, 5.74) is 0.223. The van der Waals surface area contributed by atoms with Crippen LogP contribution >= 0.6 is 7.14 Å². The van der Waals surface area contributed by atoms with Crippen LogP contribution in [-0.4, -0.2) is 53.4 Å². The molecule has 0 amide bonds. The predicted molar refractivity (Wildman–Crippen MR) is 97.4 cm³/mol. The molecule has 0 bridgehead atoms. The van der Waals surface area contributed by atoms with E-state index in [0.29, 0.717) is 0 Å². The van der Waals surface area contributed by atoms with E-state index in [4.69, 9.17) is 9.16 Å². The third kappa shape index (κ3) is 5.23. The standard InChI is InChI=1S/C15H34BO3PSi/c1-11(20(5,6)17)9-12-10-13(14(16)18-12)19-21(7,8)15(2,3)4/h11-14H,9-10,16H2,1-8H3/t11?,12-,13+,14-/m1/s1. The lowest BCUT2D eigenvalue weighted by molar-refractivity contribution is 0.0593. The fourth-order valence-electron chi connectivity index (χ4n) is 2.38. The van der Waals surface area contributed by atoms with Gasteiger partial charge in [-0.15, -0.1) is 0 Å². The molecular formula is C15H34BO3PSi. The number of rotatable bonds is 5. The van der Waals surface area contributed by atoms with Crippen LogP contribution in [0.1, 0.15) is 40.5 Å². The fraction of sp³-hybridized carbons (Fsp3) is 1.00. The van der Waals surface area contributed by atoms with Gasteiger partial charge in [-0.2, -0.15) is 0 Å². The first-order chi connectivity index (χ1) is 9.24. The second-order valence-corrected chi connectivity index (χ2v) is 17.1. The van der Waals surface area contributed by atoms with Crippen LogP contribution in [0.15, 0.2) is 0 Å². The van der Waals surface area contributed by atoms with Crippen molar-refractivity contribution < 1.29 is 13.7 Å². The highest BCUT2D eigenvalue weighted by atomic mass is 31.2. The first-order valence-electron chi connectivity index (χ1n) is 8.12. The van der Waals surface area contributed by atoms with Crippen molar-refractivity contribution in [2.45, 2.75) is 82.5 Å². The third-order valence-corrected chi connectivity index (χ3v) is 12.2. The summed E-state index contributed by atoms with van der Waals surface area (Å²) in [5, 5.41) is 0.223. The van der Waals surface area contributed by atoms with Crippen molar-refractivity contribution in [3.8, 4) is 0 Å². The van der Waals surface area contributed by atoms with Gasteiger partial charge in [-0.3, -0.25) is 0 Å². The van der Waals surface area contributed by atoms with Crippen LogP contribution in [0, 0.1) is 0 Å². The minimum absolute atomic E-state index is 0.143. The molecule has 3 nitrogen and oxygen atoms in total. The highest BCUT2D eigenvalue weighted by molar-refractivity contribution is 7.63. The van der Waals surface area contributed by atoms with Gasteiger partial charge in [0.2, 0.25) is 0 Å². The van der Waals surface area contributed by atoms with E-state index in [9.17, 15) is 4.57 Å². The van der Waals surface area contributed by atoms with Gasteiger partial charge in [0.05, 0.1) is 19.3 Å². The SMILES string of the molecule is B[C@@H]1O[C@H](CC(C)P(C)(C)=O)C[C@@H]1O[Si](C)(C)C(C)(C)C. The normalized spacial score (nSPS) is 29.6. The largest absolute Gasteiger partial charge is 0.412 e. The van der Waals surface area contributed by atoms with Crippen LogP contribution in [0.3, 0.4) is 0 Å². The summed E-state index contributed by atoms with van der Waals surface area (Å²) >= 11 is 0. The van der Waals surface area contributed by atoms with E-state index < -0.39 is 15.5 Å². The molecule has 0 aromatic rings. The smallest absolute Gasteiger partial charge is 0.192 e. The quantitative estimate of drug-likeness (QED) is 0.571. The van der Waals surface area contributed by atoms with Crippen molar-refractivity contribution in [2.24, 2.45) is 0 Å². The molecule has 124 valence electrons. The molecule has 1 saturated heterocycles. The summed E-state index contributed by atoms with van der Waals surface area (Å²) in [6.07, 6.45) is 2.21. The molecule has 1 rings (SSSR count). The van der Waals surface area contributed by atoms with Gasteiger partial charge >= 0.3 is 0 Å². The summed E-state index contributed by atoms with van der Waals surface area (Å²) in [5.74, 6) is 0. The van der Waals surface area contributed by atoms with Crippen LogP contribution in [-0.2, 0) is 13.7 Å². The van der Waals surface area contributed by atoms with Crippen LogP contribution in [0.25, 0.3) is 0 Å². The molecule has 21 heavy (non-hydrogen) atoms. The van der Waals surface area contributed by atoms with Crippen LogP contribution in [0.2, 0.25) is 18.1 Å². The van der Waals surface area contributed by atoms with E-state index in [1.807, 2.05) is 13.3 Å². The van der Waals surface area contributed by atoms with Gasteiger partial charge in [-0.1, -0.05) is 27.7 Å². The molecule has 6 heteroatoms. The van der Waals surface area contributed by atoms with Gasteiger partial charge in [0.15, 0.2) is 8.32 Å². The zero-order chi connectivity index (χ0) is 16.6. The van der Waals surface area contributed by atoms with E-state index in [2.05, 4.69) is 48.6 Å². The molecule has 1 aliphatic rings. The molecule has 0 radical (unpaired) electrons. The van der Waals surface area contributed by atoms with Crippen LogP contribution in [0.4, 0.5) is 0 Å². The van der Waals surface area contributed by atoms with Gasteiger partial charge in [0, 0.05) is 18.1 Å². The first-order valence-corrected chi connectivity index (χ1v) is 13.7. The Morgan fingerprint density at radius 2 is 1.90 bits per heavy atom. The summed E-state index contributed by atoms with van der Waals surface area (Å²) in [6.45, 7) is 17.2. The van der Waals surface area contributed by atoms with Gasteiger partial charge in [-0.05, 0) is 37.9 Å². The van der Waals surface area contributed by atoms with Gasteiger partial charge in [-0.25, -0.2) is 0 Å². The zero-order valence-corrected chi connectivity index (χ0v) is 17.3. The third-order valence-electron chi connectivity index (χ3n) is 5.34. The lowest BCUT2D eigenvalue weighted by Crippen LogP contribution is -2.46. The van der Waals surface area contributed by atoms with Crippen LogP contribution in [0.5, 0.6) is 0 Å². The summed E-state index contributed by atoms with van der Waals surface area (Å²) in [6, 6.07) is 0.143. The average molecular weight is 332 g/mol. The number of ether oxygens (including phenoxy) is 1. The molecule has 1 heterocycles. The van der Waals surface area contributed by atoms with Crippen molar-refractivity contribution in [3.63, 3.8) is 0 Å². The van der Waals surface area contributed by atoms with E-state index >= 15 is 0 Å². The fourth-order valence-corrected chi connectivity index (χ4v) is 4.52. The lowest BCUT2D eigenvalue weighted by Gasteiger charge is -2.39. The Morgan fingerprint density at radius 1 is 1.38 bits per heavy atom. The maximum Gasteiger partial charge on any atom is 0.192 e. The van der Waals surface area contributed by atoms with Crippen molar-refractivity contribution >= 4 is 23.3 Å². The molecule has 4 atom stereocenters. The summed E-state index contributed by atoms with van der Waals surface area (Å²) in [7, 11) is -1.67. The number of hydrogen-bond donors (Lipinski definition) is 0. The van der Waals surface area contributed by atoms with Crippen molar-refractivity contribution in [3.05, 3.63) is 0 Å². The van der Waals surface area contributed by atoms with Crippen LogP contribution < -0.4 is 0 Å². The lowest BCUT2D eigenvalue weighted by atomic mass is 9.94. The van der Waals surface area contributed by atoms with Crippen molar-refractivity contribution in [1.82, 2.24) is 0 Å². The monoisotopic (exact) mass is 332 g/mol. The Hall–Kier alpha value is 0.432. The molecule has 0 aromatic heterocycles. The van der Waals surface area contributed by atoms with Crippen molar-refractivity contribution in [1.29, 1.82) is 0 Å². The molecule has 1 fully saturated rings. The molecule has 1 unspecified atom stereocenters. The van der Waals surface area contributed by atoms with E-state index in [1.54, 1.807) is 0 Å². The topological polar surface area (TPSA) is 35.5 Å². The molecule has 0 aliphatic carbocycles. The molecule has 0 spiro atoms. The maximum absolute atomic E-state index is 12.1. The average Bonchev–Trinajstić information content (AvgIpc) is 2.55. The zero-order valence-electron chi connectivity index (χ0n) is 15.4. The maximum atomic E-state index is 12.1. The second-order valence-electron chi connectivity index (χ2n) is 8.63. The Bertz CT molecular complexity index is 402. The molecule has 1 aliphatic heterocycles. The Kier molecular flexibility index (Phi) is 6.04. The molecule has 0 N–H and O–H groups in total. The van der Waals surface area contributed by atoms with E-state index in [0.717, 1.165) is 12.8 Å². The highest BCUT2D eigenvalue weighted by Gasteiger charge is 2.43. The van der Waals surface area contributed by atoms with E-state index in [1.165, 1.54) is 0 Å². The Balaban J connectivity index is 2.64. The first kappa shape index (κ1) is 19.5. The number of hydrogen-bond acceptors (Lipinski definition) is 3. The summed E-state index contributed by atoms with van der Waals surface area (Å²) < 4.78 is 24.7. The Morgan fingerprint density at radius 3 is 2.33 bits per heavy atom. The van der Waals surface area contributed by atoms with E-state index in [-0.39, 0.29) is 28.9 Å². The predicted octanol–water partition coefficient (Wildman–Crippen LogP) is 3.53. The van der Waals surface area contributed by atoms with Gasteiger partial charge in [0.25, 0.3) is 0 Å².